The molecule has 5 heteroatoms. The van der Waals surface area contributed by atoms with Gasteiger partial charge in [-0.15, -0.1) is 0 Å². The first kappa shape index (κ1) is 12.7. The monoisotopic (exact) mass is 255 g/mol. The fourth-order valence-electron chi connectivity index (χ4n) is 2.06. The lowest BCUT2D eigenvalue weighted by atomic mass is 10.1. The number of hydrogen-bond acceptors (Lipinski definition) is 4. The smallest absolute Gasteiger partial charge is 0.147 e. The first-order chi connectivity index (χ1) is 8.24. The fraction of sp³-hybridized carbons (Fsp3) is 0.667. The van der Waals surface area contributed by atoms with Crippen molar-refractivity contribution in [1.82, 2.24) is 14.9 Å². The largest absolute Gasteiger partial charge is 0.377 e. The molecular weight excluding hydrogens is 238 g/mol. The highest BCUT2D eigenvalue weighted by Crippen LogP contribution is 2.14. The summed E-state index contributed by atoms with van der Waals surface area (Å²) >= 11 is 5.70. The number of likely N-dealkylation sites (N-methyl/N-ethyl adjacent to an activating group) is 1. The van der Waals surface area contributed by atoms with Crippen LogP contribution in [-0.2, 0) is 11.3 Å². The maximum Gasteiger partial charge on any atom is 0.147 e. The molecular formula is C12H18ClN3O. The zero-order chi connectivity index (χ0) is 12.1. The Kier molecular flexibility index (Phi) is 4.71. The Morgan fingerprint density at radius 3 is 2.94 bits per heavy atom. The first-order valence-corrected chi connectivity index (χ1v) is 6.38. The maximum absolute atomic E-state index is 5.71. The zero-order valence-corrected chi connectivity index (χ0v) is 10.9. The van der Waals surface area contributed by atoms with Crippen LogP contribution in [0.1, 0.15) is 25.0 Å². The van der Waals surface area contributed by atoms with Crippen molar-refractivity contribution in [2.24, 2.45) is 0 Å². The van der Waals surface area contributed by atoms with E-state index in [1.807, 2.05) is 0 Å². The van der Waals surface area contributed by atoms with E-state index in [1.54, 1.807) is 12.4 Å². The van der Waals surface area contributed by atoms with Crippen LogP contribution in [-0.4, -0.2) is 41.2 Å². The van der Waals surface area contributed by atoms with E-state index < -0.39 is 0 Å². The van der Waals surface area contributed by atoms with Gasteiger partial charge in [0.1, 0.15) is 5.15 Å². The van der Waals surface area contributed by atoms with Crippen molar-refractivity contribution in [3.8, 4) is 0 Å². The number of nitrogens with zero attached hydrogens (tertiary/aromatic N) is 3. The zero-order valence-electron chi connectivity index (χ0n) is 10.1. The third-order valence-electron chi connectivity index (χ3n) is 2.90. The Hall–Kier alpha value is -0.710. The number of hydrogen-bond donors (Lipinski definition) is 0. The van der Waals surface area contributed by atoms with Gasteiger partial charge in [0.2, 0.25) is 0 Å². The van der Waals surface area contributed by atoms with Gasteiger partial charge in [0.15, 0.2) is 0 Å². The molecule has 0 radical (unpaired) electrons. The van der Waals surface area contributed by atoms with Crippen LogP contribution in [0.5, 0.6) is 0 Å². The predicted octanol–water partition coefficient (Wildman–Crippen LogP) is 2.13. The molecule has 1 aliphatic rings. The Bertz CT molecular complexity index is 338. The van der Waals surface area contributed by atoms with Crippen molar-refractivity contribution in [3.05, 3.63) is 23.2 Å². The summed E-state index contributed by atoms with van der Waals surface area (Å²) in [4.78, 5) is 10.5. The van der Waals surface area contributed by atoms with Crippen LogP contribution in [0, 0.1) is 0 Å². The average Bonchev–Trinajstić information content (AvgIpc) is 2.33. The van der Waals surface area contributed by atoms with Gasteiger partial charge >= 0.3 is 0 Å². The van der Waals surface area contributed by atoms with Crippen LogP contribution in [0.15, 0.2) is 12.4 Å². The highest BCUT2D eigenvalue weighted by Gasteiger charge is 2.16. The molecule has 0 bridgehead atoms. The normalized spacial score (nSPS) is 20.8. The topological polar surface area (TPSA) is 38.2 Å². The Balaban J connectivity index is 1.79. The summed E-state index contributed by atoms with van der Waals surface area (Å²) in [5.74, 6) is 0. The molecule has 1 aromatic heterocycles. The summed E-state index contributed by atoms with van der Waals surface area (Å²) in [6.45, 7) is 2.63. The molecule has 0 aliphatic carbocycles. The van der Waals surface area contributed by atoms with E-state index >= 15 is 0 Å². The van der Waals surface area contributed by atoms with Crippen LogP contribution in [0.25, 0.3) is 0 Å². The van der Waals surface area contributed by atoms with E-state index in [0.29, 0.717) is 11.3 Å². The SMILES string of the molecule is CN(Cc1cnc(Cl)cn1)CC1CCCCO1. The average molecular weight is 256 g/mol. The van der Waals surface area contributed by atoms with Crippen molar-refractivity contribution in [1.29, 1.82) is 0 Å². The molecule has 0 N–H and O–H groups in total. The third-order valence-corrected chi connectivity index (χ3v) is 3.09. The molecule has 0 spiro atoms. The Labute approximate surface area is 107 Å². The molecule has 0 aromatic carbocycles. The van der Waals surface area contributed by atoms with Crippen LogP contribution in [0.2, 0.25) is 5.15 Å². The van der Waals surface area contributed by atoms with Gasteiger partial charge in [0, 0.05) is 19.7 Å². The molecule has 0 saturated carbocycles. The predicted molar refractivity (Wildman–Crippen MR) is 67.0 cm³/mol. The minimum absolute atomic E-state index is 0.369. The van der Waals surface area contributed by atoms with Crippen LogP contribution < -0.4 is 0 Å². The second-order valence-electron chi connectivity index (χ2n) is 4.52. The summed E-state index contributed by atoms with van der Waals surface area (Å²) in [6.07, 6.45) is 7.32. The van der Waals surface area contributed by atoms with E-state index in [1.165, 1.54) is 12.8 Å². The molecule has 1 atom stereocenters. The summed E-state index contributed by atoms with van der Waals surface area (Å²) in [5.41, 5.74) is 0.938. The molecule has 1 aromatic rings. The van der Waals surface area contributed by atoms with Gasteiger partial charge in [-0.2, -0.15) is 0 Å². The van der Waals surface area contributed by atoms with Crippen molar-refractivity contribution < 1.29 is 4.74 Å². The van der Waals surface area contributed by atoms with Gasteiger partial charge in [0.05, 0.1) is 24.2 Å². The van der Waals surface area contributed by atoms with Gasteiger partial charge < -0.3 is 4.74 Å². The van der Waals surface area contributed by atoms with Gasteiger partial charge in [-0.3, -0.25) is 9.88 Å². The Morgan fingerprint density at radius 2 is 2.29 bits per heavy atom. The lowest BCUT2D eigenvalue weighted by molar-refractivity contribution is -0.00276. The summed E-state index contributed by atoms with van der Waals surface area (Å²) in [6, 6.07) is 0. The van der Waals surface area contributed by atoms with Gasteiger partial charge in [-0.1, -0.05) is 11.6 Å². The summed E-state index contributed by atoms with van der Waals surface area (Å²) < 4.78 is 5.71. The highest BCUT2D eigenvalue weighted by atomic mass is 35.5. The molecule has 2 rings (SSSR count). The van der Waals surface area contributed by atoms with E-state index in [4.69, 9.17) is 16.3 Å². The minimum atomic E-state index is 0.369. The second kappa shape index (κ2) is 6.28. The van der Waals surface area contributed by atoms with E-state index in [-0.39, 0.29) is 0 Å². The molecule has 4 nitrogen and oxygen atoms in total. The van der Waals surface area contributed by atoms with Crippen molar-refractivity contribution in [2.75, 3.05) is 20.2 Å². The number of halogens is 1. The number of rotatable bonds is 4. The van der Waals surface area contributed by atoms with Gasteiger partial charge in [-0.05, 0) is 26.3 Å². The maximum atomic E-state index is 5.71. The van der Waals surface area contributed by atoms with Crippen LogP contribution in [0.4, 0.5) is 0 Å². The fourth-order valence-corrected chi connectivity index (χ4v) is 2.16. The molecule has 2 heterocycles. The van der Waals surface area contributed by atoms with Gasteiger partial charge in [-0.25, -0.2) is 4.98 Å². The molecule has 1 aliphatic heterocycles. The van der Waals surface area contributed by atoms with E-state index in [0.717, 1.165) is 31.8 Å². The van der Waals surface area contributed by atoms with E-state index in [9.17, 15) is 0 Å². The Morgan fingerprint density at radius 1 is 1.41 bits per heavy atom. The van der Waals surface area contributed by atoms with Crippen molar-refractivity contribution in [2.45, 2.75) is 31.9 Å². The summed E-state index contributed by atoms with van der Waals surface area (Å²) in [5, 5.41) is 0.437. The number of ether oxygens (including phenoxy) is 1. The van der Waals surface area contributed by atoms with Crippen molar-refractivity contribution in [3.63, 3.8) is 0 Å². The highest BCUT2D eigenvalue weighted by molar-refractivity contribution is 6.29. The van der Waals surface area contributed by atoms with Crippen LogP contribution in [0.3, 0.4) is 0 Å². The first-order valence-electron chi connectivity index (χ1n) is 6.00. The van der Waals surface area contributed by atoms with Crippen molar-refractivity contribution >= 4 is 11.6 Å². The van der Waals surface area contributed by atoms with E-state index in [2.05, 4.69) is 21.9 Å². The quantitative estimate of drug-likeness (QED) is 0.826. The summed E-state index contributed by atoms with van der Waals surface area (Å²) in [7, 11) is 2.08. The third kappa shape index (κ3) is 4.22. The lowest BCUT2D eigenvalue weighted by Gasteiger charge is -2.27. The molecule has 17 heavy (non-hydrogen) atoms. The minimum Gasteiger partial charge on any atom is -0.377 e. The molecule has 0 amide bonds. The molecule has 1 fully saturated rings. The number of aromatic nitrogens is 2. The molecule has 1 unspecified atom stereocenters. The molecule has 94 valence electrons. The van der Waals surface area contributed by atoms with Gasteiger partial charge in [0.25, 0.3) is 0 Å². The molecule has 1 saturated heterocycles. The lowest BCUT2D eigenvalue weighted by Crippen LogP contribution is -2.33. The second-order valence-corrected chi connectivity index (χ2v) is 4.90. The standard InChI is InChI=1S/C12H18ClN3O/c1-16(9-11-4-2-3-5-17-11)8-10-6-15-12(13)7-14-10/h6-7,11H,2-5,8-9H2,1H3. The van der Waals surface area contributed by atoms with Crippen LogP contribution >= 0.6 is 11.6 Å².